The number of benzene rings is 1. The molecular weight excluding hydrogens is 322 g/mol. The number of hydrogen-bond acceptors (Lipinski definition) is 3. The van der Waals surface area contributed by atoms with Crippen LogP contribution < -0.4 is 4.90 Å². The largest absolute Gasteiger partial charge is 0.357 e. The average Bonchev–Trinajstić information content (AvgIpc) is 3.03. The minimum absolute atomic E-state index is 0.129. The average molecular weight is 349 g/mol. The third kappa shape index (κ3) is 3.59. The second-order valence-corrected chi connectivity index (χ2v) is 7.37. The molecular formula is C22H27N3O. The van der Waals surface area contributed by atoms with E-state index in [4.69, 9.17) is 4.98 Å². The van der Waals surface area contributed by atoms with Gasteiger partial charge in [0.25, 0.3) is 5.91 Å². The molecule has 2 saturated heterocycles. The third-order valence-electron chi connectivity index (χ3n) is 5.62. The van der Waals surface area contributed by atoms with Crippen molar-refractivity contribution in [3.8, 4) is 0 Å². The first kappa shape index (κ1) is 17.1. The first-order valence-corrected chi connectivity index (χ1v) is 9.90. The summed E-state index contributed by atoms with van der Waals surface area (Å²) in [6.45, 7) is 3.04. The molecule has 0 aliphatic carbocycles. The van der Waals surface area contributed by atoms with E-state index in [0.717, 1.165) is 49.4 Å². The molecule has 0 radical (unpaired) electrons. The van der Waals surface area contributed by atoms with Crippen LogP contribution in [0.1, 0.15) is 60.5 Å². The summed E-state index contributed by atoms with van der Waals surface area (Å²) in [5, 5.41) is 0. The molecule has 1 unspecified atom stereocenters. The van der Waals surface area contributed by atoms with Gasteiger partial charge in [0.15, 0.2) is 0 Å². The molecule has 0 bridgehead atoms. The Hall–Kier alpha value is -2.36. The van der Waals surface area contributed by atoms with Crippen molar-refractivity contribution in [1.82, 2.24) is 9.88 Å². The summed E-state index contributed by atoms with van der Waals surface area (Å²) in [6.07, 6.45) is 9.22. The van der Waals surface area contributed by atoms with E-state index < -0.39 is 0 Å². The standard InChI is InChI=1S/C22H27N3O/c26-22(18-9-4-3-5-10-18)25-16-8-11-20(25)19-12-13-21(23-17-19)24-14-6-1-2-7-15-24/h3-5,9-10,12-13,17,20H,1-2,6-8,11,14-16H2. The zero-order valence-electron chi connectivity index (χ0n) is 15.3. The fourth-order valence-electron chi connectivity index (χ4n) is 4.18. The van der Waals surface area contributed by atoms with Crippen molar-refractivity contribution in [3.63, 3.8) is 0 Å². The lowest BCUT2D eigenvalue weighted by molar-refractivity contribution is 0.0735. The van der Waals surface area contributed by atoms with Gasteiger partial charge in [-0.05, 0) is 49.4 Å². The van der Waals surface area contributed by atoms with Gasteiger partial charge in [-0.25, -0.2) is 4.98 Å². The SMILES string of the molecule is O=C(c1ccccc1)N1CCCC1c1ccc(N2CCCCCC2)nc1. The van der Waals surface area contributed by atoms with Crippen molar-refractivity contribution >= 4 is 11.7 Å². The minimum Gasteiger partial charge on any atom is -0.357 e. The molecule has 4 nitrogen and oxygen atoms in total. The Morgan fingerprint density at radius 2 is 1.65 bits per heavy atom. The highest BCUT2D eigenvalue weighted by Crippen LogP contribution is 2.33. The van der Waals surface area contributed by atoms with Crippen molar-refractivity contribution < 1.29 is 4.79 Å². The lowest BCUT2D eigenvalue weighted by Crippen LogP contribution is -2.30. The van der Waals surface area contributed by atoms with Crippen molar-refractivity contribution in [2.24, 2.45) is 0 Å². The van der Waals surface area contributed by atoms with E-state index in [-0.39, 0.29) is 11.9 Å². The summed E-state index contributed by atoms with van der Waals surface area (Å²) >= 11 is 0. The molecule has 1 aromatic heterocycles. The molecule has 26 heavy (non-hydrogen) atoms. The van der Waals surface area contributed by atoms with Gasteiger partial charge in [0.2, 0.25) is 0 Å². The van der Waals surface area contributed by atoms with E-state index >= 15 is 0 Å². The predicted molar refractivity (Wildman–Crippen MR) is 104 cm³/mol. The maximum absolute atomic E-state index is 12.9. The smallest absolute Gasteiger partial charge is 0.254 e. The Balaban J connectivity index is 1.50. The number of pyridine rings is 1. The van der Waals surface area contributed by atoms with Crippen LogP contribution in [-0.4, -0.2) is 35.4 Å². The van der Waals surface area contributed by atoms with Crippen LogP contribution in [0.15, 0.2) is 48.7 Å². The minimum atomic E-state index is 0.129. The predicted octanol–water partition coefficient (Wildman–Crippen LogP) is 4.44. The molecule has 2 fully saturated rings. The van der Waals surface area contributed by atoms with Crippen LogP contribution in [0.2, 0.25) is 0 Å². The van der Waals surface area contributed by atoms with Crippen molar-refractivity contribution in [1.29, 1.82) is 0 Å². The van der Waals surface area contributed by atoms with Crippen LogP contribution in [0.25, 0.3) is 0 Å². The van der Waals surface area contributed by atoms with E-state index in [1.807, 2.05) is 41.4 Å². The van der Waals surface area contributed by atoms with Gasteiger partial charge < -0.3 is 9.80 Å². The maximum Gasteiger partial charge on any atom is 0.254 e. The molecule has 2 aliphatic rings. The summed E-state index contributed by atoms with van der Waals surface area (Å²) in [4.78, 5) is 22.0. The van der Waals surface area contributed by atoms with Crippen molar-refractivity contribution in [2.45, 2.75) is 44.6 Å². The molecule has 0 spiro atoms. The zero-order valence-corrected chi connectivity index (χ0v) is 15.3. The monoisotopic (exact) mass is 349 g/mol. The molecule has 3 heterocycles. The van der Waals surface area contributed by atoms with Gasteiger partial charge in [-0.2, -0.15) is 0 Å². The number of carbonyl (C=O) groups excluding carboxylic acids is 1. The third-order valence-corrected chi connectivity index (χ3v) is 5.62. The van der Waals surface area contributed by atoms with Crippen LogP contribution in [0.5, 0.6) is 0 Å². The van der Waals surface area contributed by atoms with Gasteiger partial charge in [-0.15, -0.1) is 0 Å². The van der Waals surface area contributed by atoms with Gasteiger partial charge in [0.05, 0.1) is 6.04 Å². The molecule has 136 valence electrons. The highest BCUT2D eigenvalue weighted by Gasteiger charge is 2.30. The molecule has 2 aromatic rings. The molecule has 0 N–H and O–H groups in total. The van der Waals surface area contributed by atoms with E-state index in [0.29, 0.717) is 0 Å². The van der Waals surface area contributed by atoms with Crippen LogP contribution in [-0.2, 0) is 0 Å². The normalized spacial score (nSPS) is 20.8. The molecule has 1 aromatic carbocycles. The van der Waals surface area contributed by atoms with E-state index in [9.17, 15) is 4.79 Å². The Bertz CT molecular complexity index is 721. The van der Waals surface area contributed by atoms with E-state index in [1.165, 1.54) is 25.7 Å². The fourth-order valence-corrected chi connectivity index (χ4v) is 4.18. The van der Waals surface area contributed by atoms with Crippen LogP contribution >= 0.6 is 0 Å². The van der Waals surface area contributed by atoms with E-state index in [1.54, 1.807) is 0 Å². The van der Waals surface area contributed by atoms with Gasteiger partial charge in [0.1, 0.15) is 5.82 Å². The summed E-state index contributed by atoms with van der Waals surface area (Å²) < 4.78 is 0. The first-order valence-electron chi connectivity index (χ1n) is 9.90. The Morgan fingerprint density at radius 1 is 0.885 bits per heavy atom. The molecule has 4 heteroatoms. The second kappa shape index (κ2) is 7.90. The Labute approximate surface area is 155 Å². The molecule has 4 rings (SSSR count). The molecule has 0 saturated carbocycles. The van der Waals surface area contributed by atoms with E-state index in [2.05, 4.69) is 17.0 Å². The summed E-state index contributed by atoms with van der Waals surface area (Å²) in [5.74, 6) is 1.21. The summed E-state index contributed by atoms with van der Waals surface area (Å²) in [5.41, 5.74) is 1.93. The number of aromatic nitrogens is 1. The number of amides is 1. The topological polar surface area (TPSA) is 36.4 Å². The van der Waals surface area contributed by atoms with Crippen LogP contribution in [0.3, 0.4) is 0 Å². The second-order valence-electron chi connectivity index (χ2n) is 7.37. The van der Waals surface area contributed by atoms with Gasteiger partial charge >= 0.3 is 0 Å². The fraction of sp³-hybridized carbons (Fsp3) is 0.455. The molecule has 2 aliphatic heterocycles. The number of rotatable bonds is 3. The first-order chi connectivity index (χ1) is 12.8. The number of likely N-dealkylation sites (tertiary alicyclic amines) is 1. The van der Waals surface area contributed by atoms with Crippen molar-refractivity contribution in [3.05, 3.63) is 59.8 Å². The van der Waals surface area contributed by atoms with Gasteiger partial charge in [-0.1, -0.05) is 37.1 Å². The van der Waals surface area contributed by atoms with Gasteiger partial charge in [0, 0.05) is 31.4 Å². The number of hydrogen-bond donors (Lipinski definition) is 0. The lowest BCUT2D eigenvalue weighted by atomic mass is 10.1. The van der Waals surface area contributed by atoms with Crippen LogP contribution in [0, 0.1) is 0 Å². The quantitative estimate of drug-likeness (QED) is 0.822. The van der Waals surface area contributed by atoms with Crippen molar-refractivity contribution in [2.75, 3.05) is 24.5 Å². The number of anilines is 1. The van der Waals surface area contributed by atoms with Crippen LogP contribution in [0.4, 0.5) is 5.82 Å². The maximum atomic E-state index is 12.9. The lowest BCUT2D eigenvalue weighted by Gasteiger charge is -2.26. The summed E-state index contributed by atoms with van der Waals surface area (Å²) in [6, 6.07) is 14.1. The highest BCUT2D eigenvalue weighted by molar-refractivity contribution is 5.94. The molecule has 1 atom stereocenters. The molecule has 1 amide bonds. The number of carbonyl (C=O) groups is 1. The Morgan fingerprint density at radius 3 is 2.35 bits per heavy atom. The Kier molecular flexibility index (Phi) is 5.19. The zero-order chi connectivity index (χ0) is 17.8. The van der Waals surface area contributed by atoms with Gasteiger partial charge in [-0.3, -0.25) is 4.79 Å². The highest BCUT2D eigenvalue weighted by atomic mass is 16.2. The number of nitrogens with zero attached hydrogens (tertiary/aromatic N) is 3. The summed E-state index contributed by atoms with van der Waals surface area (Å²) in [7, 11) is 0.